The van der Waals surface area contributed by atoms with Crippen LogP contribution in [0.4, 0.5) is 17.3 Å². The fourth-order valence-electron chi connectivity index (χ4n) is 2.68. The van der Waals surface area contributed by atoms with Crippen LogP contribution in [0.2, 0.25) is 0 Å². The van der Waals surface area contributed by atoms with Gasteiger partial charge in [0.25, 0.3) is 0 Å². The van der Waals surface area contributed by atoms with Gasteiger partial charge in [0.1, 0.15) is 29.4 Å². The van der Waals surface area contributed by atoms with E-state index in [0.717, 1.165) is 5.69 Å². The summed E-state index contributed by atoms with van der Waals surface area (Å²) in [6.45, 7) is 0. The lowest BCUT2D eigenvalue weighted by molar-refractivity contribution is 0.403. The number of methoxy groups -OCH3 is 1. The molecule has 0 radical (unpaired) electrons. The molecule has 0 amide bonds. The highest BCUT2D eigenvalue weighted by Gasteiger charge is 2.10. The molecule has 0 aliphatic heterocycles. The molecule has 0 bridgehead atoms. The van der Waals surface area contributed by atoms with Crippen LogP contribution in [0.25, 0.3) is 11.0 Å². The number of aromatic nitrogens is 4. The first kappa shape index (κ1) is 18.9. The highest BCUT2D eigenvalue weighted by Crippen LogP contribution is 2.26. The summed E-state index contributed by atoms with van der Waals surface area (Å²) >= 11 is 0. The lowest BCUT2D eigenvalue weighted by Crippen LogP contribution is -2.02. The van der Waals surface area contributed by atoms with Crippen LogP contribution in [-0.2, 0) is 0 Å². The Balaban J connectivity index is 1.60. The smallest absolute Gasteiger partial charge is 0.176 e. The van der Waals surface area contributed by atoms with Crippen molar-refractivity contribution in [1.82, 2.24) is 19.9 Å². The van der Waals surface area contributed by atoms with Gasteiger partial charge in [0, 0.05) is 11.8 Å². The summed E-state index contributed by atoms with van der Waals surface area (Å²) in [4.78, 5) is 17.0. The Morgan fingerprint density at radius 1 is 0.900 bits per heavy atom. The third-order valence-electron chi connectivity index (χ3n) is 4.14. The zero-order chi connectivity index (χ0) is 20.9. The molecule has 0 fully saturated rings. The second kappa shape index (κ2) is 8.27. The minimum Gasteiger partial charge on any atom is -0.504 e. The molecule has 0 aliphatic rings. The van der Waals surface area contributed by atoms with Crippen LogP contribution in [0, 0.1) is 0 Å². The molecule has 4 aromatic rings. The number of hydrazone groups is 1. The summed E-state index contributed by atoms with van der Waals surface area (Å²) in [5.41, 5.74) is 5.17. The van der Waals surface area contributed by atoms with Crippen LogP contribution in [0.3, 0.4) is 0 Å². The van der Waals surface area contributed by atoms with Crippen LogP contribution in [0.5, 0.6) is 17.2 Å². The molecule has 150 valence electrons. The number of hydrogen-bond donors (Lipinski definition) is 4. The van der Waals surface area contributed by atoms with Gasteiger partial charge in [-0.05, 0) is 35.9 Å². The molecule has 10 heteroatoms. The van der Waals surface area contributed by atoms with Gasteiger partial charge >= 0.3 is 0 Å². The molecular formula is C20H17N7O3. The molecule has 0 aliphatic carbocycles. The van der Waals surface area contributed by atoms with E-state index in [1.807, 2.05) is 24.3 Å². The summed E-state index contributed by atoms with van der Waals surface area (Å²) < 4.78 is 5.24. The number of fused-ring (bicyclic) bond motifs is 1. The number of benzene rings is 2. The van der Waals surface area contributed by atoms with E-state index in [2.05, 4.69) is 35.8 Å². The molecular weight excluding hydrogens is 386 g/mol. The first-order chi connectivity index (χ1) is 14.6. The molecule has 30 heavy (non-hydrogen) atoms. The Morgan fingerprint density at radius 2 is 1.67 bits per heavy atom. The predicted octanol–water partition coefficient (Wildman–Crippen LogP) is 3.03. The Kier molecular flexibility index (Phi) is 5.20. The second-order valence-electron chi connectivity index (χ2n) is 6.12. The van der Waals surface area contributed by atoms with Crippen molar-refractivity contribution < 1.29 is 14.9 Å². The van der Waals surface area contributed by atoms with Crippen molar-refractivity contribution in [3.05, 3.63) is 60.7 Å². The summed E-state index contributed by atoms with van der Waals surface area (Å²) in [5.74, 6) is 1.17. The molecule has 10 nitrogen and oxygen atoms in total. The predicted molar refractivity (Wildman–Crippen MR) is 112 cm³/mol. The molecule has 2 heterocycles. The number of aromatic hydroxyl groups is 2. The first-order valence-electron chi connectivity index (χ1n) is 8.82. The average molecular weight is 403 g/mol. The number of anilines is 3. The number of phenols is 2. The minimum atomic E-state index is -0.229. The number of ether oxygens (including phenoxy) is 1. The Hall–Kier alpha value is -4.47. The molecule has 2 aromatic heterocycles. The molecule has 0 atom stereocenters. The number of rotatable bonds is 6. The van der Waals surface area contributed by atoms with Crippen molar-refractivity contribution in [2.75, 3.05) is 17.9 Å². The quantitative estimate of drug-likeness (QED) is 0.217. The molecule has 0 unspecified atom stereocenters. The summed E-state index contributed by atoms with van der Waals surface area (Å²) in [5, 5.41) is 26.2. The van der Waals surface area contributed by atoms with Crippen LogP contribution >= 0.6 is 0 Å². The van der Waals surface area contributed by atoms with E-state index in [1.54, 1.807) is 13.2 Å². The summed E-state index contributed by atoms with van der Waals surface area (Å²) in [6.07, 6.45) is 4.26. The molecule has 0 saturated carbocycles. The van der Waals surface area contributed by atoms with Crippen molar-refractivity contribution in [3.8, 4) is 17.2 Å². The Morgan fingerprint density at radius 3 is 2.43 bits per heavy atom. The van der Waals surface area contributed by atoms with Gasteiger partial charge in [-0.2, -0.15) is 5.10 Å². The maximum absolute atomic E-state index is 9.56. The maximum atomic E-state index is 9.56. The Bertz CT molecular complexity index is 1230. The lowest BCUT2D eigenvalue weighted by Gasteiger charge is -2.10. The molecule has 4 rings (SSSR count). The van der Waals surface area contributed by atoms with E-state index < -0.39 is 0 Å². The zero-order valence-corrected chi connectivity index (χ0v) is 15.8. The van der Waals surface area contributed by atoms with Crippen LogP contribution in [0.15, 0.2) is 60.2 Å². The number of nitrogens with zero attached hydrogens (tertiary/aromatic N) is 5. The van der Waals surface area contributed by atoms with Crippen LogP contribution in [0.1, 0.15) is 5.56 Å². The minimum absolute atomic E-state index is 0.199. The lowest BCUT2D eigenvalue weighted by atomic mass is 10.2. The number of phenolic OH excluding ortho intramolecular Hbond substituents is 2. The fourth-order valence-corrected chi connectivity index (χ4v) is 2.68. The highest BCUT2D eigenvalue weighted by atomic mass is 16.5. The monoisotopic (exact) mass is 403 g/mol. The van der Waals surface area contributed by atoms with Gasteiger partial charge in [-0.3, -0.25) is 5.43 Å². The van der Waals surface area contributed by atoms with Gasteiger partial charge in [-0.15, -0.1) is 0 Å². The van der Waals surface area contributed by atoms with Gasteiger partial charge in [0.2, 0.25) is 0 Å². The first-order valence-corrected chi connectivity index (χ1v) is 8.82. The van der Waals surface area contributed by atoms with Gasteiger partial charge in [0.15, 0.2) is 23.1 Å². The van der Waals surface area contributed by atoms with E-state index in [-0.39, 0.29) is 11.5 Å². The van der Waals surface area contributed by atoms with Crippen molar-refractivity contribution in [1.29, 1.82) is 0 Å². The standard InChI is InChI=1S/C20H17N7O3/c1-30-14-4-2-3-13(8-14)26-19-17-18(22-10-23-19)20(24-11-21-17)27-25-9-12-5-6-15(28)16(29)7-12/h2-11,28-29H,1H3,(H,21,24,27)(H,22,23,26). The third kappa shape index (κ3) is 4.02. The largest absolute Gasteiger partial charge is 0.504 e. The van der Waals surface area contributed by atoms with Gasteiger partial charge < -0.3 is 20.3 Å². The van der Waals surface area contributed by atoms with E-state index in [4.69, 9.17) is 4.74 Å². The van der Waals surface area contributed by atoms with Crippen molar-refractivity contribution in [2.45, 2.75) is 0 Å². The van der Waals surface area contributed by atoms with Crippen molar-refractivity contribution in [2.24, 2.45) is 5.10 Å². The number of nitrogens with one attached hydrogen (secondary N) is 2. The maximum Gasteiger partial charge on any atom is 0.176 e. The Labute approximate surface area is 171 Å². The molecule has 0 saturated heterocycles. The number of hydrogen-bond acceptors (Lipinski definition) is 10. The van der Waals surface area contributed by atoms with Gasteiger partial charge in [-0.1, -0.05) is 6.07 Å². The third-order valence-corrected chi connectivity index (χ3v) is 4.14. The van der Waals surface area contributed by atoms with Crippen LogP contribution in [-0.4, -0.2) is 43.5 Å². The topological polar surface area (TPSA) is 138 Å². The normalized spacial score (nSPS) is 11.0. The van der Waals surface area contributed by atoms with Crippen molar-refractivity contribution in [3.63, 3.8) is 0 Å². The SMILES string of the molecule is COc1cccc(Nc2ncnc3c(NN=Cc4ccc(O)c(O)c4)ncnc23)c1. The van der Waals surface area contributed by atoms with E-state index in [0.29, 0.717) is 34.0 Å². The average Bonchev–Trinajstić information content (AvgIpc) is 2.77. The van der Waals surface area contributed by atoms with Gasteiger partial charge in [-0.25, -0.2) is 19.9 Å². The van der Waals surface area contributed by atoms with E-state index in [1.165, 1.54) is 31.0 Å². The van der Waals surface area contributed by atoms with E-state index in [9.17, 15) is 10.2 Å². The second-order valence-corrected chi connectivity index (χ2v) is 6.12. The highest BCUT2D eigenvalue weighted by molar-refractivity contribution is 5.93. The summed E-state index contributed by atoms with van der Waals surface area (Å²) in [7, 11) is 1.60. The van der Waals surface area contributed by atoms with Crippen molar-refractivity contribution >= 4 is 34.6 Å². The van der Waals surface area contributed by atoms with E-state index >= 15 is 0 Å². The molecule has 4 N–H and O–H groups in total. The molecule has 0 spiro atoms. The fraction of sp³-hybridized carbons (Fsp3) is 0.0500. The molecule has 2 aromatic carbocycles. The van der Waals surface area contributed by atoms with Crippen LogP contribution < -0.4 is 15.5 Å². The zero-order valence-electron chi connectivity index (χ0n) is 15.8. The van der Waals surface area contributed by atoms with Gasteiger partial charge in [0.05, 0.1) is 13.3 Å². The summed E-state index contributed by atoms with van der Waals surface area (Å²) in [6, 6.07) is 11.8.